The van der Waals surface area contributed by atoms with Gasteiger partial charge in [0.15, 0.2) is 5.92 Å². The summed E-state index contributed by atoms with van der Waals surface area (Å²) in [4.78, 5) is 23.2. The second-order valence-electron chi connectivity index (χ2n) is 5.25. The highest BCUT2D eigenvalue weighted by atomic mass is 16.6. The Morgan fingerprint density at radius 2 is 1.79 bits per heavy atom. The summed E-state index contributed by atoms with van der Waals surface area (Å²) in [5, 5.41) is 9.19. The number of benzene rings is 1. The van der Waals surface area contributed by atoms with Gasteiger partial charge in [0.2, 0.25) is 0 Å². The predicted molar refractivity (Wildman–Crippen MR) is 70.6 cm³/mol. The second-order valence-corrected chi connectivity index (χ2v) is 5.25. The summed E-state index contributed by atoms with van der Waals surface area (Å²) in [5.41, 5.74) is 6.01. The van der Waals surface area contributed by atoms with Crippen molar-refractivity contribution in [3.63, 3.8) is 0 Å². The van der Waals surface area contributed by atoms with Crippen molar-refractivity contribution in [2.75, 3.05) is 0 Å². The van der Waals surface area contributed by atoms with E-state index in [0.717, 1.165) is 5.56 Å². The van der Waals surface area contributed by atoms with Crippen LogP contribution in [0.2, 0.25) is 0 Å². The van der Waals surface area contributed by atoms with Crippen molar-refractivity contribution in [2.24, 2.45) is 5.73 Å². The van der Waals surface area contributed by atoms with Gasteiger partial charge >= 0.3 is 11.9 Å². The molecule has 0 fully saturated rings. The number of carbonyl (C=O) groups is 2. The van der Waals surface area contributed by atoms with E-state index in [-0.39, 0.29) is 0 Å². The van der Waals surface area contributed by atoms with E-state index < -0.39 is 23.5 Å². The average Bonchev–Trinajstić information content (AvgIpc) is 2.27. The first-order valence-electron chi connectivity index (χ1n) is 5.99. The van der Waals surface area contributed by atoms with Crippen molar-refractivity contribution in [1.82, 2.24) is 0 Å². The minimum Gasteiger partial charge on any atom is -0.480 e. The summed E-state index contributed by atoms with van der Waals surface area (Å²) in [5.74, 6) is -3.30. The second kappa shape index (κ2) is 5.84. The summed E-state index contributed by atoms with van der Waals surface area (Å²) in [7, 11) is 0. The predicted octanol–water partition coefficient (Wildman–Crippen LogP) is 1.66. The average molecular weight is 265 g/mol. The molecular weight excluding hydrogens is 246 g/mol. The molecule has 5 nitrogen and oxygen atoms in total. The standard InChI is InChI=1S/C14H19NO4/c1-14(2,3)19-13(18)11(12(16)17)10-6-4-9(8-15)5-7-10/h4-7,11H,8,15H2,1-3H3,(H,16,17)/t11-/m1/s1. The maximum absolute atomic E-state index is 11.9. The van der Waals surface area contributed by atoms with Crippen molar-refractivity contribution >= 4 is 11.9 Å². The zero-order valence-corrected chi connectivity index (χ0v) is 11.3. The van der Waals surface area contributed by atoms with Gasteiger partial charge in [0.05, 0.1) is 0 Å². The van der Waals surface area contributed by atoms with Gasteiger partial charge in [-0.3, -0.25) is 9.59 Å². The Balaban J connectivity index is 3.00. The van der Waals surface area contributed by atoms with Crippen LogP contribution in [0.4, 0.5) is 0 Å². The van der Waals surface area contributed by atoms with E-state index in [2.05, 4.69) is 0 Å². The molecule has 0 saturated heterocycles. The van der Waals surface area contributed by atoms with Crippen LogP contribution in [0.1, 0.15) is 37.8 Å². The first-order chi connectivity index (χ1) is 8.74. The fourth-order valence-corrected chi connectivity index (χ4v) is 1.59. The molecular formula is C14H19NO4. The number of hydrogen-bond donors (Lipinski definition) is 2. The molecule has 104 valence electrons. The fraction of sp³-hybridized carbons (Fsp3) is 0.429. The molecule has 0 aliphatic rings. The summed E-state index contributed by atoms with van der Waals surface area (Å²) in [6.45, 7) is 5.45. The number of carboxylic acid groups (broad SMARTS) is 1. The van der Waals surface area contributed by atoms with Crippen LogP contribution in [-0.4, -0.2) is 22.6 Å². The third kappa shape index (κ3) is 4.37. The number of rotatable bonds is 4. The first kappa shape index (κ1) is 15.2. The molecule has 0 aliphatic heterocycles. The van der Waals surface area contributed by atoms with Gasteiger partial charge in [-0.2, -0.15) is 0 Å². The van der Waals surface area contributed by atoms with Crippen LogP contribution in [0.15, 0.2) is 24.3 Å². The number of carbonyl (C=O) groups excluding carboxylic acids is 1. The van der Waals surface area contributed by atoms with E-state index in [1.54, 1.807) is 45.0 Å². The van der Waals surface area contributed by atoms with Gasteiger partial charge in [0, 0.05) is 6.54 Å². The molecule has 0 aliphatic carbocycles. The summed E-state index contributed by atoms with van der Waals surface area (Å²) >= 11 is 0. The van der Waals surface area contributed by atoms with Crippen molar-refractivity contribution in [2.45, 2.75) is 38.8 Å². The molecule has 0 aromatic heterocycles. The first-order valence-corrected chi connectivity index (χ1v) is 5.99. The van der Waals surface area contributed by atoms with Gasteiger partial charge in [0.25, 0.3) is 0 Å². The third-order valence-electron chi connectivity index (χ3n) is 2.44. The molecule has 5 heteroatoms. The Morgan fingerprint density at radius 1 is 1.26 bits per heavy atom. The lowest BCUT2D eigenvalue weighted by Crippen LogP contribution is -2.31. The molecule has 19 heavy (non-hydrogen) atoms. The van der Waals surface area contributed by atoms with Gasteiger partial charge in [-0.05, 0) is 31.9 Å². The number of aliphatic carboxylic acids is 1. The third-order valence-corrected chi connectivity index (χ3v) is 2.44. The molecule has 1 rings (SSSR count). The van der Waals surface area contributed by atoms with Crippen molar-refractivity contribution < 1.29 is 19.4 Å². The summed E-state index contributed by atoms with van der Waals surface area (Å²) in [6, 6.07) is 6.58. The van der Waals surface area contributed by atoms with Crippen LogP contribution in [0, 0.1) is 0 Å². The molecule has 1 aromatic carbocycles. The number of hydrogen-bond acceptors (Lipinski definition) is 4. The highest BCUT2D eigenvalue weighted by Crippen LogP contribution is 2.21. The molecule has 0 saturated carbocycles. The molecule has 0 amide bonds. The SMILES string of the molecule is CC(C)(C)OC(=O)[C@@H](C(=O)O)c1ccc(CN)cc1. The molecule has 0 unspecified atom stereocenters. The van der Waals surface area contributed by atoms with Crippen LogP contribution in [-0.2, 0) is 20.9 Å². The zero-order valence-electron chi connectivity index (χ0n) is 11.3. The largest absolute Gasteiger partial charge is 0.480 e. The number of esters is 1. The Morgan fingerprint density at radius 3 is 2.16 bits per heavy atom. The lowest BCUT2D eigenvalue weighted by atomic mass is 9.98. The highest BCUT2D eigenvalue weighted by Gasteiger charge is 2.32. The van der Waals surface area contributed by atoms with E-state index in [4.69, 9.17) is 10.5 Å². The molecule has 0 bridgehead atoms. The van der Waals surface area contributed by atoms with Gasteiger partial charge in [0.1, 0.15) is 5.60 Å². The molecule has 0 heterocycles. The van der Waals surface area contributed by atoms with Crippen molar-refractivity contribution in [3.05, 3.63) is 35.4 Å². The van der Waals surface area contributed by atoms with E-state index in [0.29, 0.717) is 12.1 Å². The van der Waals surface area contributed by atoms with Crippen LogP contribution in [0.3, 0.4) is 0 Å². The monoisotopic (exact) mass is 265 g/mol. The topological polar surface area (TPSA) is 89.6 Å². The molecule has 0 radical (unpaired) electrons. The minimum atomic E-state index is -1.31. The highest BCUT2D eigenvalue weighted by molar-refractivity contribution is 6.00. The number of nitrogens with two attached hydrogens (primary N) is 1. The van der Waals surface area contributed by atoms with E-state index >= 15 is 0 Å². The van der Waals surface area contributed by atoms with Gasteiger partial charge in [-0.25, -0.2) is 0 Å². The van der Waals surface area contributed by atoms with E-state index in [1.807, 2.05) is 0 Å². The van der Waals surface area contributed by atoms with Gasteiger partial charge in [-0.15, -0.1) is 0 Å². The Hall–Kier alpha value is -1.88. The Kier molecular flexibility index (Phi) is 4.67. The molecule has 1 aromatic rings. The van der Waals surface area contributed by atoms with Crippen LogP contribution in [0.25, 0.3) is 0 Å². The zero-order chi connectivity index (χ0) is 14.6. The summed E-state index contributed by atoms with van der Waals surface area (Å²) < 4.78 is 5.13. The van der Waals surface area contributed by atoms with Crippen molar-refractivity contribution in [3.8, 4) is 0 Å². The van der Waals surface area contributed by atoms with Gasteiger partial charge in [-0.1, -0.05) is 24.3 Å². The minimum absolute atomic E-state index is 0.366. The molecule has 0 spiro atoms. The maximum Gasteiger partial charge on any atom is 0.325 e. The molecule has 3 N–H and O–H groups in total. The van der Waals surface area contributed by atoms with Crippen LogP contribution < -0.4 is 5.73 Å². The number of ether oxygens (including phenoxy) is 1. The Labute approximate surface area is 112 Å². The maximum atomic E-state index is 11.9. The molecule has 1 atom stereocenters. The normalized spacial score (nSPS) is 12.8. The lowest BCUT2D eigenvalue weighted by molar-refractivity contribution is -0.162. The fourth-order valence-electron chi connectivity index (χ4n) is 1.59. The number of carboxylic acids is 1. The lowest BCUT2D eigenvalue weighted by Gasteiger charge is -2.22. The van der Waals surface area contributed by atoms with Crippen LogP contribution in [0.5, 0.6) is 0 Å². The Bertz CT molecular complexity index is 459. The van der Waals surface area contributed by atoms with Crippen molar-refractivity contribution in [1.29, 1.82) is 0 Å². The van der Waals surface area contributed by atoms with Crippen LogP contribution >= 0.6 is 0 Å². The smallest absolute Gasteiger partial charge is 0.325 e. The van der Waals surface area contributed by atoms with Gasteiger partial charge < -0.3 is 15.6 Å². The quantitative estimate of drug-likeness (QED) is 0.638. The summed E-state index contributed by atoms with van der Waals surface area (Å²) in [6.07, 6.45) is 0. The van der Waals surface area contributed by atoms with E-state index in [9.17, 15) is 14.7 Å². The van der Waals surface area contributed by atoms with E-state index in [1.165, 1.54) is 0 Å².